The van der Waals surface area contributed by atoms with Gasteiger partial charge >= 0.3 is 5.97 Å². The zero-order valence-electron chi connectivity index (χ0n) is 11.3. The van der Waals surface area contributed by atoms with E-state index in [1.54, 1.807) is 4.90 Å². The molecule has 1 fully saturated rings. The lowest BCUT2D eigenvalue weighted by Gasteiger charge is -2.33. The van der Waals surface area contributed by atoms with Gasteiger partial charge < -0.3 is 9.64 Å². The smallest absolute Gasteiger partial charge is 0.328 e. The molecule has 0 N–H and O–H groups in total. The van der Waals surface area contributed by atoms with Gasteiger partial charge in [0.05, 0.1) is 12.0 Å². The molecule has 0 aliphatic carbocycles. The number of hydrogen-bond acceptors (Lipinski definition) is 4. The Kier molecular flexibility index (Phi) is 4.58. The largest absolute Gasteiger partial charge is 0.467 e. The minimum Gasteiger partial charge on any atom is -0.467 e. The van der Waals surface area contributed by atoms with Gasteiger partial charge in [-0.1, -0.05) is 6.92 Å². The number of rotatable bonds is 3. The van der Waals surface area contributed by atoms with Crippen molar-refractivity contribution in [1.82, 2.24) is 4.90 Å². The molecule has 0 radical (unpaired) electrons. The Morgan fingerprint density at radius 2 is 2.26 bits per heavy atom. The third-order valence-electron chi connectivity index (χ3n) is 3.56. The SMILES string of the molecule is CCc1ccsc1C(=O)N1CCCC[C@@H]1C(=O)OC. The number of amides is 1. The molecular weight excluding hydrogens is 262 g/mol. The van der Waals surface area contributed by atoms with Crippen LogP contribution in [-0.4, -0.2) is 36.5 Å². The number of nitrogens with zero attached hydrogens (tertiary/aromatic N) is 1. The molecule has 19 heavy (non-hydrogen) atoms. The van der Waals surface area contributed by atoms with Crippen molar-refractivity contribution >= 4 is 23.2 Å². The Labute approximate surface area is 117 Å². The van der Waals surface area contributed by atoms with E-state index in [9.17, 15) is 9.59 Å². The summed E-state index contributed by atoms with van der Waals surface area (Å²) in [6.07, 6.45) is 3.45. The molecule has 0 unspecified atom stereocenters. The maximum atomic E-state index is 12.6. The number of hydrogen-bond donors (Lipinski definition) is 0. The van der Waals surface area contributed by atoms with Crippen molar-refractivity contribution in [2.45, 2.75) is 38.6 Å². The number of aryl methyl sites for hydroxylation is 1. The summed E-state index contributed by atoms with van der Waals surface area (Å²) in [5.41, 5.74) is 1.06. The summed E-state index contributed by atoms with van der Waals surface area (Å²) in [6.45, 7) is 2.67. The molecule has 0 saturated carbocycles. The fourth-order valence-electron chi connectivity index (χ4n) is 2.49. The van der Waals surface area contributed by atoms with Crippen molar-refractivity contribution in [2.24, 2.45) is 0 Å². The summed E-state index contributed by atoms with van der Waals surface area (Å²) in [7, 11) is 1.38. The van der Waals surface area contributed by atoms with E-state index >= 15 is 0 Å². The van der Waals surface area contributed by atoms with Crippen LogP contribution in [0.25, 0.3) is 0 Å². The van der Waals surface area contributed by atoms with E-state index in [-0.39, 0.29) is 11.9 Å². The van der Waals surface area contributed by atoms with Crippen LogP contribution in [-0.2, 0) is 16.0 Å². The van der Waals surface area contributed by atoms with E-state index < -0.39 is 6.04 Å². The van der Waals surface area contributed by atoms with E-state index in [0.29, 0.717) is 13.0 Å². The Balaban J connectivity index is 2.22. The van der Waals surface area contributed by atoms with E-state index in [1.807, 2.05) is 18.4 Å². The average Bonchev–Trinajstić information content (AvgIpc) is 2.94. The topological polar surface area (TPSA) is 46.6 Å². The highest BCUT2D eigenvalue weighted by Crippen LogP contribution is 2.25. The van der Waals surface area contributed by atoms with Crippen molar-refractivity contribution in [2.75, 3.05) is 13.7 Å². The third kappa shape index (κ3) is 2.81. The second kappa shape index (κ2) is 6.19. The predicted molar refractivity (Wildman–Crippen MR) is 74.4 cm³/mol. The van der Waals surface area contributed by atoms with Crippen LogP contribution in [0.3, 0.4) is 0 Å². The highest BCUT2D eigenvalue weighted by molar-refractivity contribution is 7.12. The highest BCUT2D eigenvalue weighted by Gasteiger charge is 2.34. The third-order valence-corrected chi connectivity index (χ3v) is 4.50. The van der Waals surface area contributed by atoms with Crippen molar-refractivity contribution in [3.05, 3.63) is 21.9 Å². The predicted octanol–water partition coefficient (Wildman–Crippen LogP) is 2.48. The molecule has 4 nitrogen and oxygen atoms in total. The molecule has 104 valence electrons. The summed E-state index contributed by atoms with van der Waals surface area (Å²) in [5.74, 6) is -0.329. The van der Waals surface area contributed by atoms with E-state index in [0.717, 1.165) is 29.7 Å². The van der Waals surface area contributed by atoms with Gasteiger partial charge in [0.2, 0.25) is 0 Å². The van der Waals surface area contributed by atoms with Gasteiger partial charge in [0.25, 0.3) is 5.91 Å². The second-order valence-electron chi connectivity index (χ2n) is 4.66. The zero-order chi connectivity index (χ0) is 13.8. The van der Waals surface area contributed by atoms with Crippen molar-refractivity contribution in [3.63, 3.8) is 0 Å². The van der Waals surface area contributed by atoms with Crippen molar-refractivity contribution in [1.29, 1.82) is 0 Å². The van der Waals surface area contributed by atoms with Crippen LogP contribution >= 0.6 is 11.3 Å². The Morgan fingerprint density at radius 3 is 2.95 bits per heavy atom. The minimum absolute atomic E-state index is 0.0260. The maximum Gasteiger partial charge on any atom is 0.328 e. The Bertz CT molecular complexity index is 469. The van der Waals surface area contributed by atoms with Crippen LogP contribution in [0.15, 0.2) is 11.4 Å². The number of piperidine rings is 1. The van der Waals surface area contributed by atoms with Gasteiger partial charge in [-0.05, 0) is 42.7 Å². The van der Waals surface area contributed by atoms with Crippen LogP contribution in [0.5, 0.6) is 0 Å². The number of methoxy groups -OCH3 is 1. The van der Waals surface area contributed by atoms with Crippen LogP contribution in [0, 0.1) is 0 Å². The van der Waals surface area contributed by atoms with Crippen LogP contribution < -0.4 is 0 Å². The van der Waals surface area contributed by atoms with Crippen molar-refractivity contribution in [3.8, 4) is 0 Å². The lowest BCUT2D eigenvalue weighted by molar-refractivity contribution is -0.147. The molecule has 0 aromatic carbocycles. The van der Waals surface area contributed by atoms with Gasteiger partial charge in [-0.3, -0.25) is 4.79 Å². The van der Waals surface area contributed by atoms with Gasteiger partial charge in [-0.2, -0.15) is 0 Å². The minimum atomic E-state index is -0.418. The first kappa shape index (κ1) is 14.1. The van der Waals surface area contributed by atoms with Crippen molar-refractivity contribution < 1.29 is 14.3 Å². The molecule has 2 rings (SSSR count). The Morgan fingerprint density at radius 1 is 1.47 bits per heavy atom. The summed E-state index contributed by atoms with van der Waals surface area (Å²) in [5, 5.41) is 1.93. The number of likely N-dealkylation sites (tertiary alicyclic amines) is 1. The van der Waals surface area contributed by atoms with E-state index in [1.165, 1.54) is 18.4 Å². The van der Waals surface area contributed by atoms with Crippen LogP contribution in [0.1, 0.15) is 41.4 Å². The maximum absolute atomic E-state index is 12.6. The van der Waals surface area contributed by atoms with Crippen LogP contribution in [0.4, 0.5) is 0 Å². The molecule has 1 aromatic rings. The molecule has 2 heterocycles. The number of esters is 1. The molecule has 1 aliphatic rings. The van der Waals surface area contributed by atoms with Crippen LogP contribution in [0.2, 0.25) is 0 Å². The molecule has 0 bridgehead atoms. The summed E-state index contributed by atoms with van der Waals surface area (Å²) in [6, 6.07) is 1.56. The second-order valence-corrected chi connectivity index (χ2v) is 5.58. The summed E-state index contributed by atoms with van der Waals surface area (Å²) < 4.78 is 4.81. The number of carbonyl (C=O) groups excluding carboxylic acids is 2. The first-order valence-electron chi connectivity index (χ1n) is 6.64. The highest BCUT2D eigenvalue weighted by atomic mass is 32.1. The van der Waals surface area contributed by atoms with Gasteiger partial charge in [0, 0.05) is 6.54 Å². The standard InChI is InChI=1S/C14H19NO3S/c1-3-10-7-9-19-12(10)13(16)15-8-5-4-6-11(15)14(17)18-2/h7,9,11H,3-6,8H2,1-2H3/t11-/m1/s1. The lowest BCUT2D eigenvalue weighted by Crippen LogP contribution is -2.48. The fourth-order valence-corrected chi connectivity index (χ4v) is 3.44. The zero-order valence-corrected chi connectivity index (χ0v) is 12.2. The molecule has 1 atom stereocenters. The molecule has 1 aliphatic heterocycles. The molecule has 5 heteroatoms. The molecule has 0 spiro atoms. The van der Waals surface area contributed by atoms with Gasteiger partial charge in [0.1, 0.15) is 6.04 Å². The first-order valence-corrected chi connectivity index (χ1v) is 7.52. The molecule has 1 amide bonds. The first-order chi connectivity index (χ1) is 9.19. The molecular formula is C14H19NO3S. The Hall–Kier alpha value is -1.36. The van der Waals surface area contributed by atoms with Gasteiger partial charge in [-0.15, -0.1) is 11.3 Å². The number of carbonyl (C=O) groups is 2. The summed E-state index contributed by atoms with van der Waals surface area (Å²) in [4.78, 5) is 26.8. The van der Waals surface area contributed by atoms with Gasteiger partial charge in [0.15, 0.2) is 0 Å². The van der Waals surface area contributed by atoms with Gasteiger partial charge in [-0.25, -0.2) is 4.79 Å². The quantitative estimate of drug-likeness (QED) is 0.800. The molecule has 1 aromatic heterocycles. The normalized spacial score (nSPS) is 19.3. The fraction of sp³-hybridized carbons (Fsp3) is 0.571. The number of thiophene rings is 1. The molecule has 1 saturated heterocycles. The van der Waals surface area contributed by atoms with E-state index in [2.05, 4.69) is 0 Å². The summed E-state index contributed by atoms with van der Waals surface area (Å²) >= 11 is 1.45. The lowest BCUT2D eigenvalue weighted by atomic mass is 10.0. The van der Waals surface area contributed by atoms with E-state index in [4.69, 9.17) is 4.74 Å². The monoisotopic (exact) mass is 281 g/mol. The average molecular weight is 281 g/mol. The number of ether oxygens (including phenoxy) is 1.